The quantitative estimate of drug-likeness (QED) is 0.126. The summed E-state index contributed by atoms with van der Waals surface area (Å²) in [5.41, 5.74) is 4.92. The summed E-state index contributed by atoms with van der Waals surface area (Å²) in [5, 5.41) is 13.6. The van der Waals surface area contributed by atoms with Crippen LogP contribution in [0.2, 0.25) is 0 Å². The zero-order valence-electron chi connectivity index (χ0n) is 19.6. The lowest BCUT2D eigenvalue weighted by atomic mass is 10.1. The summed E-state index contributed by atoms with van der Waals surface area (Å²) in [6.45, 7) is -1.08. The van der Waals surface area contributed by atoms with E-state index in [0.29, 0.717) is 5.69 Å². The number of carbonyl (C=O) groups is 1. The SMILES string of the molecule is CNc1ccccc1C(=O)O[C@@H]1[C@H](O)[C@@H](COP(=O)(O)OP(=O)(O)OP(=O)(O)O)O[C@H]1n1ccc(N)nc1=O. The normalized spacial score (nSPS) is 24.5. The number of benzene rings is 1. The van der Waals surface area contributed by atoms with Crippen LogP contribution in [0, 0.1) is 0 Å². The first-order valence-electron chi connectivity index (χ1n) is 10.5. The van der Waals surface area contributed by atoms with E-state index < -0.39 is 66.3 Å². The molecular weight excluding hydrogens is 593 g/mol. The molecule has 39 heavy (non-hydrogen) atoms. The summed E-state index contributed by atoms with van der Waals surface area (Å²) in [6.07, 6.45) is -5.56. The van der Waals surface area contributed by atoms with Gasteiger partial charge in [0.05, 0.1) is 12.2 Å². The van der Waals surface area contributed by atoms with Crippen LogP contribution in [0.4, 0.5) is 11.5 Å². The van der Waals surface area contributed by atoms with Crippen molar-refractivity contribution in [2.75, 3.05) is 24.7 Å². The molecule has 22 heteroatoms. The van der Waals surface area contributed by atoms with Gasteiger partial charge in [0.25, 0.3) is 0 Å². The molecule has 2 aromatic rings. The van der Waals surface area contributed by atoms with E-state index in [-0.39, 0.29) is 11.4 Å². The number of esters is 1. The number of phosphoric acid groups is 3. The second kappa shape index (κ2) is 11.9. The van der Waals surface area contributed by atoms with E-state index >= 15 is 0 Å². The predicted molar refractivity (Wildman–Crippen MR) is 128 cm³/mol. The third-order valence-electron chi connectivity index (χ3n) is 4.92. The van der Waals surface area contributed by atoms with Crippen molar-refractivity contribution >= 4 is 40.9 Å². The number of phosphoric ester groups is 1. The molecule has 19 nitrogen and oxygen atoms in total. The molecule has 1 fully saturated rings. The Balaban J connectivity index is 1.84. The maximum absolute atomic E-state index is 12.9. The summed E-state index contributed by atoms with van der Waals surface area (Å²) in [6, 6.07) is 7.35. The number of ether oxygens (including phenoxy) is 2. The molecule has 2 unspecified atom stereocenters. The molecule has 0 bridgehead atoms. The van der Waals surface area contributed by atoms with Gasteiger partial charge in [-0.05, 0) is 18.2 Å². The highest BCUT2D eigenvalue weighted by Gasteiger charge is 2.49. The van der Waals surface area contributed by atoms with Gasteiger partial charge in [0, 0.05) is 18.9 Å². The highest BCUT2D eigenvalue weighted by Crippen LogP contribution is 2.66. The van der Waals surface area contributed by atoms with Crippen LogP contribution in [0.5, 0.6) is 0 Å². The van der Waals surface area contributed by atoms with Crippen molar-refractivity contribution in [2.24, 2.45) is 0 Å². The number of carbonyl (C=O) groups excluding carboxylic acids is 1. The number of rotatable bonds is 11. The van der Waals surface area contributed by atoms with Crippen molar-refractivity contribution in [2.45, 2.75) is 24.5 Å². The smallest absolute Gasteiger partial charge is 0.451 e. The summed E-state index contributed by atoms with van der Waals surface area (Å²) in [4.78, 5) is 65.0. The topological polar surface area (TPSA) is 289 Å². The van der Waals surface area contributed by atoms with Gasteiger partial charge in [-0.3, -0.25) is 9.09 Å². The average molecular weight is 616 g/mol. The second-order valence-corrected chi connectivity index (χ2v) is 12.1. The van der Waals surface area contributed by atoms with E-state index in [9.17, 15) is 38.2 Å². The molecule has 1 aliphatic rings. The van der Waals surface area contributed by atoms with Gasteiger partial charge >= 0.3 is 35.1 Å². The number of nitrogens with one attached hydrogen (secondary N) is 1. The molecule has 216 valence electrons. The van der Waals surface area contributed by atoms with Gasteiger partial charge in [0.1, 0.15) is 18.0 Å². The molecule has 0 spiro atoms. The Morgan fingerprint density at radius 1 is 1.13 bits per heavy atom. The average Bonchev–Trinajstić information content (AvgIpc) is 3.10. The Morgan fingerprint density at radius 3 is 2.41 bits per heavy atom. The van der Waals surface area contributed by atoms with Crippen LogP contribution in [-0.2, 0) is 36.3 Å². The van der Waals surface area contributed by atoms with Gasteiger partial charge in [0.15, 0.2) is 12.3 Å². The molecule has 0 aliphatic carbocycles. The Bertz CT molecular complexity index is 1410. The summed E-state index contributed by atoms with van der Waals surface area (Å²) < 4.78 is 57.9. The van der Waals surface area contributed by atoms with Gasteiger partial charge in [0.2, 0.25) is 0 Å². The fourth-order valence-electron chi connectivity index (χ4n) is 3.36. The number of nitrogens with two attached hydrogens (primary N) is 1. The van der Waals surface area contributed by atoms with Gasteiger partial charge in [-0.1, -0.05) is 12.1 Å². The number of aliphatic hydroxyl groups excluding tert-OH is 1. The van der Waals surface area contributed by atoms with E-state index in [1.807, 2.05) is 0 Å². The van der Waals surface area contributed by atoms with Crippen LogP contribution in [0.1, 0.15) is 16.6 Å². The monoisotopic (exact) mass is 616 g/mol. The van der Waals surface area contributed by atoms with Crippen molar-refractivity contribution in [3.8, 4) is 0 Å². The zero-order valence-corrected chi connectivity index (χ0v) is 22.3. The Hall–Kier alpha value is -2.50. The van der Waals surface area contributed by atoms with Crippen molar-refractivity contribution in [1.82, 2.24) is 9.55 Å². The molecule has 0 amide bonds. The van der Waals surface area contributed by atoms with Gasteiger partial charge in [-0.2, -0.15) is 13.6 Å². The molecule has 6 atom stereocenters. The summed E-state index contributed by atoms with van der Waals surface area (Å²) in [5.74, 6) is -1.11. The van der Waals surface area contributed by atoms with E-state index in [1.165, 1.54) is 18.2 Å². The lowest BCUT2D eigenvalue weighted by Crippen LogP contribution is -2.39. The standard InChI is InChI=1S/C17H23N4O15P3/c1-19-10-5-3-2-4-9(10)16(23)34-14-13(22)11(33-15(14)21-7-6-12(18)20-17(21)24)8-32-38(28,29)36-39(30,31)35-37(25,26)27/h2-7,11,13-15,19,22H,8H2,1H3,(H,28,29)(H,30,31)(H2,18,20,24)(H2,25,26,27)/t11-,13-,14-,15-/m1/s1. The Kier molecular flexibility index (Phi) is 9.50. The second-order valence-electron chi connectivity index (χ2n) is 7.65. The number of nitrogens with zero attached hydrogens (tertiary/aromatic N) is 2. The van der Waals surface area contributed by atoms with E-state index in [1.54, 1.807) is 19.2 Å². The van der Waals surface area contributed by atoms with Gasteiger partial charge in [-0.15, -0.1) is 0 Å². The number of hydrogen-bond donors (Lipinski definition) is 7. The van der Waals surface area contributed by atoms with E-state index in [4.69, 9.17) is 25.0 Å². The van der Waals surface area contributed by atoms with Crippen LogP contribution in [-0.4, -0.2) is 72.2 Å². The number of anilines is 2. The molecule has 0 radical (unpaired) electrons. The highest BCUT2D eigenvalue weighted by molar-refractivity contribution is 7.66. The molecule has 8 N–H and O–H groups in total. The van der Waals surface area contributed by atoms with Gasteiger partial charge in [-0.25, -0.2) is 23.3 Å². The Labute approximate surface area is 218 Å². The van der Waals surface area contributed by atoms with Crippen LogP contribution in [0.15, 0.2) is 41.3 Å². The Morgan fingerprint density at radius 2 is 1.79 bits per heavy atom. The highest BCUT2D eigenvalue weighted by atomic mass is 31.3. The molecular formula is C17H23N4O15P3. The summed E-state index contributed by atoms with van der Waals surface area (Å²) >= 11 is 0. The number of aliphatic hydroxyl groups is 1. The van der Waals surface area contributed by atoms with Crippen LogP contribution in [0.25, 0.3) is 0 Å². The van der Waals surface area contributed by atoms with E-state index in [0.717, 1.165) is 10.8 Å². The van der Waals surface area contributed by atoms with Crippen LogP contribution >= 0.6 is 23.5 Å². The van der Waals surface area contributed by atoms with Crippen LogP contribution in [0.3, 0.4) is 0 Å². The lowest BCUT2D eigenvalue weighted by Gasteiger charge is -2.22. The predicted octanol–water partition coefficient (Wildman–Crippen LogP) is -0.306. The number of para-hydroxylation sites is 1. The van der Waals surface area contributed by atoms with Crippen molar-refractivity contribution in [1.29, 1.82) is 0 Å². The molecule has 3 rings (SSSR count). The lowest BCUT2D eigenvalue weighted by molar-refractivity contribution is -0.0596. The third kappa shape index (κ3) is 8.25. The number of nitrogen functional groups attached to an aromatic ring is 1. The van der Waals surface area contributed by atoms with Crippen LogP contribution < -0.4 is 16.7 Å². The molecule has 0 saturated carbocycles. The minimum absolute atomic E-state index is 0.0467. The largest absolute Gasteiger partial charge is 0.490 e. The maximum Gasteiger partial charge on any atom is 0.490 e. The fourth-order valence-corrected chi connectivity index (χ4v) is 6.39. The zero-order chi connectivity index (χ0) is 29.2. The minimum Gasteiger partial charge on any atom is -0.451 e. The van der Waals surface area contributed by atoms with Crippen molar-refractivity contribution in [3.05, 3.63) is 52.6 Å². The first kappa shape index (κ1) is 31.0. The molecule has 2 heterocycles. The first-order chi connectivity index (χ1) is 18.0. The maximum atomic E-state index is 12.9. The number of hydrogen-bond acceptors (Lipinski definition) is 14. The number of aromatic nitrogens is 2. The minimum atomic E-state index is -5.80. The molecule has 1 aromatic carbocycles. The van der Waals surface area contributed by atoms with Crippen molar-refractivity contribution < 1.29 is 65.8 Å². The molecule has 1 saturated heterocycles. The third-order valence-corrected chi connectivity index (χ3v) is 8.72. The van der Waals surface area contributed by atoms with Crippen molar-refractivity contribution in [3.63, 3.8) is 0 Å². The first-order valence-corrected chi connectivity index (χ1v) is 15.0. The molecule has 1 aliphatic heterocycles. The summed E-state index contributed by atoms with van der Waals surface area (Å²) in [7, 11) is -15.5. The fraction of sp³-hybridized carbons (Fsp3) is 0.353. The van der Waals surface area contributed by atoms with E-state index in [2.05, 4.69) is 23.4 Å². The molecule has 1 aromatic heterocycles. The van der Waals surface area contributed by atoms with Gasteiger partial charge < -0.3 is 45.2 Å².